The first kappa shape index (κ1) is 64.8. The monoisotopic (exact) mass is 1150 g/mol. The molecule has 0 radical (unpaired) electrons. The number of carboxylic acid groups (broad SMARTS) is 1. The normalized spacial score (nSPS) is 18.4. The number of carboxylic acids is 1. The van der Waals surface area contributed by atoms with Crippen LogP contribution in [0.15, 0.2) is 48.5 Å². The van der Waals surface area contributed by atoms with Crippen molar-refractivity contribution >= 4 is 58.9 Å². The summed E-state index contributed by atoms with van der Waals surface area (Å²) in [5, 5.41) is 12.6. The fraction of sp³-hybridized carbons (Fsp3) is 0.672. The van der Waals surface area contributed by atoms with Crippen molar-refractivity contribution in [1.82, 2.24) is 20.0 Å². The number of rotatable bonds is 31. The number of hydrogen-bond donors (Lipinski definition) is 2. The molecule has 0 unspecified atom stereocenters. The van der Waals surface area contributed by atoms with E-state index >= 15 is 0 Å². The summed E-state index contributed by atoms with van der Waals surface area (Å²) in [4.78, 5) is 120. The number of aliphatic carboxylic acids is 1. The van der Waals surface area contributed by atoms with E-state index in [9.17, 15) is 43.5 Å². The van der Waals surface area contributed by atoms with E-state index in [2.05, 4.69) is 15.1 Å². The third kappa shape index (κ3) is 19.1. The van der Waals surface area contributed by atoms with Gasteiger partial charge in [0.2, 0.25) is 0 Å². The molecule has 2 aliphatic heterocycles. The van der Waals surface area contributed by atoms with Crippen LogP contribution in [0.3, 0.4) is 0 Å². The molecule has 2 heterocycles. The Hall–Kier alpha value is -6.32. The van der Waals surface area contributed by atoms with Crippen LogP contribution in [0.5, 0.6) is 0 Å². The summed E-state index contributed by atoms with van der Waals surface area (Å²) >= 11 is 0. The molecule has 8 atom stereocenters. The number of carbonyl (C=O) groups excluding carboxylic acids is 7. The number of amides is 3. The number of nitrogens with one attached hydrogen (secondary N) is 1. The molecule has 2 saturated heterocycles. The standard InChI is InChI=1S/C61H90N6O15/c1-38(2)33-49(64(9)55(69)52(81-58(73)48(62-7)35-43-11-12-43)24-19-42-15-20-46(21-16-42)66-25-29-77-30-26-66)59(74)79-40(5)54(68)63(8)51(36-44-13-14-44)61(76)82-53(37-45-17-22-47(23-18-45)67-27-31-78-32-28-67)56(70)65(10)50(34-39(3)4)60(75)80-41(6)57(71)72/h15-18,20-23,38-41,43-44,48-53,62H,11-14,19,24-37H2,1-10H3,(H,71,72)/t40-,41-,48+,49+,50+,51+,52-,53-/m1/s1. The molecule has 0 aromatic heterocycles. The van der Waals surface area contributed by atoms with Gasteiger partial charge in [-0.25, -0.2) is 19.2 Å². The summed E-state index contributed by atoms with van der Waals surface area (Å²) in [6, 6.07) is 11.2. The molecule has 454 valence electrons. The van der Waals surface area contributed by atoms with Gasteiger partial charge in [-0.1, -0.05) is 77.6 Å². The van der Waals surface area contributed by atoms with Crippen molar-refractivity contribution in [3.05, 3.63) is 59.7 Å². The Kier molecular flexibility index (Phi) is 24.4. The number of carbonyl (C=O) groups is 8. The zero-order valence-corrected chi connectivity index (χ0v) is 49.9. The first-order chi connectivity index (χ1) is 39.0. The van der Waals surface area contributed by atoms with Crippen LogP contribution in [-0.2, 0) is 79.6 Å². The van der Waals surface area contributed by atoms with E-state index in [-0.39, 0.29) is 49.9 Å². The second-order valence-corrected chi connectivity index (χ2v) is 23.5. The highest BCUT2D eigenvalue weighted by molar-refractivity contribution is 5.93. The lowest BCUT2D eigenvalue weighted by molar-refractivity contribution is -0.174. The second kappa shape index (κ2) is 30.8. The Labute approximate surface area is 483 Å². The van der Waals surface area contributed by atoms with Crippen molar-refractivity contribution in [2.45, 2.75) is 161 Å². The fourth-order valence-corrected chi connectivity index (χ4v) is 10.4. The number of anilines is 2. The van der Waals surface area contributed by atoms with Crippen molar-refractivity contribution in [2.75, 3.05) is 90.6 Å². The minimum atomic E-state index is -1.51. The quantitative estimate of drug-likeness (QED) is 0.0740. The Morgan fingerprint density at radius 2 is 0.963 bits per heavy atom. The number of likely N-dealkylation sites (N-methyl/N-ethyl adjacent to an activating group) is 4. The summed E-state index contributed by atoms with van der Waals surface area (Å²) in [5.74, 6) is -6.53. The maximum absolute atomic E-state index is 14.7. The summed E-state index contributed by atoms with van der Waals surface area (Å²) in [5.41, 5.74) is 3.56. The van der Waals surface area contributed by atoms with E-state index in [1.54, 1.807) is 7.05 Å². The Balaban J connectivity index is 1.19. The minimum Gasteiger partial charge on any atom is -0.479 e. The van der Waals surface area contributed by atoms with Gasteiger partial charge >= 0.3 is 29.8 Å². The largest absolute Gasteiger partial charge is 0.479 e. The highest BCUT2D eigenvalue weighted by Crippen LogP contribution is 2.36. The zero-order chi connectivity index (χ0) is 59.8. The summed E-state index contributed by atoms with van der Waals surface area (Å²) < 4.78 is 34.5. The van der Waals surface area contributed by atoms with Crippen molar-refractivity contribution in [2.24, 2.45) is 23.7 Å². The topological polar surface area (TPSA) is 240 Å². The van der Waals surface area contributed by atoms with E-state index in [1.165, 1.54) is 44.8 Å². The van der Waals surface area contributed by atoms with Gasteiger partial charge in [0.1, 0.15) is 24.2 Å². The molecule has 2 aromatic carbocycles. The molecule has 0 spiro atoms. The first-order valence-electron chi connectivity index (χ1n) is 29.4. The van der Waals surface area contributed by atoms with E-state index in [1.807, 2.05) is 76.2 Å². The van der Waals surface area contributed by atoms with Gasteiger partial charge in [-0.05, 0) is 118 Å². The zero-order valence-electron chi connectivity index (χ0n) is 49.9. The molecule has 2 N–H and O–H groups in total. The molecule has 0 bridgehead atoms. The molecule has 2 saturated carbocycles. The molecular weight excluding hydrogens is 1060 g/mol. The highest BCUT2D eigenvalue weighted by atomic mass is 16.6. The lowest BCUT2D eigenvalue weighted by atomic mass is 10.0. The number of benzene rings is 2. The van der Waals surface area contributed by atoms with E-state index in [0.717, 1.165) is 60.6 Å². The van der Waals surface area contributed by atoms with Gasteiger partial charge in [0.05, 0.1) is 26.4 Å². The van der Waals surface area contributed by atoms with Crippen LogP contribution in [0.2, 0.25) is 0 Å². The number of esters is 4. The number of aryl methyl sites for hydroxylation is 1. The Morgan fingerprint density at radius 3 is 1.41 bits per heavy atom. The van der Waals surface area contributed by atoms with Crippen molar-refractivity contribution < 1.29 is 71.9 Å². The average molecular weight is 1150 g/mol. The molecule has 3 amide bonds. The molecule has 4 aliphatic rings. The maximum Gasteiger partial charge on any atom is 0.344 e. The molecular formula is C61H90N6O15. The SMILES string of the molecule is CN[C@@H](CC1CC1)C(=O)O[C@H](CCc1ccc(N2CCOCC2)cc1)C(=O)N(C)[C@@H](CC(C)C)C(=O)O[C@H](C)C(=O)N(C)[C@@H](CC1CC1)C(=O)O[C@H](Cc1ccc(N2CCOCC2)cc1)C(=O)N(C)[C@@H](CC(C)C)C(=O)O[C@H](C)C(=O)O. The van der Waals surface area contributed by atoms with Crippen molar-refractivity contribution in [3.63, 3.8) is 0 Å². The van der Waals surface area contributed by atoms with Crippen molar-refractivity contribution in [1.29, 1.82) is 0 Å². The summed E-state index contributed by atoms with van der Waals surface area (Å²) in [6.45, 7) is 15.4. The van der Waals surface area contributed by atoms with Crippen LogP contribution in [0.1, 0.15) is 110 Å². The van der Waals surface area contributed by atoms with Crippen LogP contribution < -0.4 is 15.1 Å². The molecule has 2 aromatic rings. The van der Waals surface area contributed by atoms with Gasteiger partial charge in [0, 0.05) is 65.1 Å². The molecule has 21 heteroatoms. The van der Waals surface area contributed by atoms with Gasteiger partial charge in [0.15, 0.2) is 24.4 Å². The molecule has 82 heavy (non-hydrogen) atoms. The Morgan fingerprint density at radius 1 is 0.549 bits per heavy atom. The van der Waals surface area contributed by atoms with Gasteiger partial charge in [-0.3, -0.25) is 19.2 Å². The van der Waals surface area contributed by atoms with E-state index < -0.39 is 96.2 Å². The van der Waals surface area contributed by atoms with E-state index in [4.69, 9.17) is 28.4 Å². The van der Waals surface area contributed by atoms with Crippen LogP contribution in [0.4, 0.5) is 11.4 Å². The number of ether oxygens (including phenoxy) is 6. The number of nitrogens with zero attached hydrogens (tertiary/aromatic N) is 5. The maximum atomic E-state index is 14.7. The predicted octanol–water partition coefficient (Wildman–Crippen LogP) is 5.07. The minimum absolute atomic E-state index is 0.0558. The fourth-order valence-electron chi connectivity index (χ4n) is 10.4. The molecule has 21 nitrogen and oxygen atoms in total. The first-order valence-corrected chi connectivity index (χ1v) is 29.4. The average Bonchev–Trinajstić information content (AvgIpc) is 4.55. The third-order valence-electron chi connectivity index (χ3n) is 15.9. The molecule has 4 fully saturated rings. The van der Waals surface area contributed by atoms with Gasteiger partial charge in [-0.2, -0.15) is 0 Å². The van der Waals surface area contributed by atoms with Crippen molar-refractivity contribution in [3.8, 4) is 0 Å². The van der Waals surface area contributed by atoms with Crippen LogP contribution in [0.25, 0.3) is 0 Å². The summed E-state index contributed by atoms with van der Waals surface area (Å²) in [6.07, 6.45) is -0.680. The number of morpholine rings is 2. The number of hydrogen-bond acceptors (Lipinski definition) is 17. The predicted molar refractivity (Wildman–Crippen MR) is 306 cm³/mol. The lowest BCUT2D eigenvalue weighted by Crippen LogP contribution is -2.53. The van der Waals surface area contributed by atoms with Gasteiger partial charge in [0.25, 0.3) is 17.7 Å². The molecule has 6 rings (SSSR count). The van der Waals surface area contributed by atoms with Crippen LogP contribution in [-0.4, -0.2) is 197 Å². The lowest BCUT2D eigenvalue weighted by Gasteiger charge is -2.34. The third-order valence-corrected chi connectivity index (χ3v) is 15.9. The molecule has 2 aliphatic carbocycles. The van der Waals surface area contributed by atoms with E-state index in [0.29, 0.717) is 63.8 Å². The van der Waals surface area contributed by atoms with Gasteiger partial charge in [-0.15, -0.1) is 0 Å². The van der Waals surface area contributed by atoms with Gasteiger partial charge < -0.3 is 63.3 Å². The van der Waals surface area contributed by atoms with Crippen LogP contribution >= 0.6 is 0 Å². The second-order valence-electron chi connectivity index (χ2n) is 23.5. The smallest absolute Gasteiger partial charge is 0.344 e. The summed E-state index contributed by atoms with van der Waals surface area (Å²) in [7, 11) is 5.94. The van der Waals surface area contributed by atoms with Crippen LogP contribution in [0, 0.1) is 23.7 Å². The Bertz CT molecular complexity index is 2460. The highest BCUT2D eigenvalue weighted by Gasteiger charge is 2.43.